The first kappa shape index (κ1) is 12.7. The Morgan fingerprint density at radius 2 is 2.00 bits per heavy atom. The number of halogens is 2. The Labute approximate surface area is 113 Å². The van der Waals surface area contributed by atoms with Crippen LogP contribution in [0.1, 0.15) is 18.6 Å². The van der Waals surface area contributed by atoms with Crippen molar-refractivity contribution < 1.29 is 4.52 Å². The van der Waals surface area contributed by atoms with Crippen LogP contribution in [0.2, 0.25) is 10.0 Å². The smallest absolute Gasteiger partial charge is 0.237 e. The van der Waals surface area contributed by atoms with Crippen LogP contribution < -0.4 is 0 Å². The summed E-state index contributed by atoms with van der Waals surface area (Å²) in [6.45, 7) is 1.98. The second kappa shape index (κ2) is 5.76. The van der Waals surface area contributed by atoms with E-state index in [0.717, 1.165) is 11.3 Å². The molecule has 0 aliphatic rings. The first-order chi connectivity index (χ1) is 8.20. The fourth-order valence-corrected chi connectivity index (χ4v) is 2.77. The predicted octanol–water partition coefficient (Wildman–Crippen LogP) is 4.23. The summed E-state index contributed by atoms with van der Waals surface area (Å²) in [4.78, 5) is 5.06. The molecule has 0 saturated heterocycles. The SMILES string of the molecule is CCc1noc(CSc2c(Cl)cccc2Cl)n1. The molecule has 0 N–H and O–H groups in total. The van der Waals surface area contributed by atoms with Crippen molar-refractivity contribution >= 4 is 35.0 Å². The van der Waals surface area contributed by atoms with Gasteiger partial charge in [-0.25, -0.2) is 0 Å². The third-order valence-corrected chi connectivity index (χ3v) is 4.06. The lowest BCUT2D eigenvalue weighted by molar-refractivity contribution is 0.385. The lowest BCUT2D eigenvalue weighted by atomic mass is 10.4. The summed E-state index contributed by atoms with van der Waals surface area (Å²) >= 11 is 13.6. The van der Waals surface area contributed by atoms with Gasteiger partial charge in [0.2, 0.25) is 5.89 Å². The molecular formula is C11H10Cl2N2OS. The average Bonchev–Trinajstić information content (AvgIpc) is 2.76. The molecule has 0 radical (unpaired) electrons. The highest BCUT2D eigenvalue weighted by atomic mass is 35.5. The van der Waals surface area contributed by atoms with E-state index in [1.54, 1.807) is 12.1 Å². The summed E-state index contributed by atoms with van der Waals surface area (Å²) in [6.07, 6.45) is 0.765. The van der Waals surface area contributed by atoms with E-state index in [0.29, 0.717) is 27.5 Å². The molecular weight excluding hydrogens is 279 g/mol. The molecule has 2 rings (SSSR count). The van der Waals surface area contributed by atoms with Gasteiger partial charge < -0.3 is 4.52 Å². The number of benzene rings is 1. The highest BCUT2D eigenvalue weighted by Gasteiger charge is 2.09. The van der Waals surface area contributed by atoms with Crippen LogP contribution in [0.5, 0.6) is 0 Å². The van der Waals surface area contributed by atoms with E-state index in [1.165, 1.54) is 11.8 Å². The Morgan fingerprint density at radius 1 is 1.29 bits per heavy atom. The summed E-state index contributed by atoms with van der Waals surface area (Å²) in [7, 11) is 0. The maximum absolute atomic E-state index is 6.06. The molecule has 0 fully saturated rings. The standard InChI is InChI=1S/C11H10Cl2N2OS/c1-2-9-14-10(16-15-9)6-17-11-7(12)4-3-5-8(11)13/h3-5H,2,6H2,1H3. The van der Waals surface area contributed by atoms with Crippen molar-refractivity contribution in [2.24, 2.45) is 0 Å². The fraction of sp³-hybridized carbons (Fsp3) is 0.273. The van der Waals surface area contributed by atoms with E-state index in [2.05, 4.69) is 10.1 Å². The zero-order chi connectivity index (χ0) is 12.3. The number of rotatable bonds is 4. The van der Waals surface area contributed by atoms with Gasteiger partial charge in [-0.15, -0.1) is 11.8 Å². The number of aryl methyl sites for hydroxylation is 1. The van der Waals surface area contributed by atoms with Crippen LogP contribution >= 0.6 is 35.0 Å². The van der Waals surface area contributed by atoms with Crippen molar-refractivity contribution in [2.75, 3.05) is 0 Å². The molecule has 0 unspecified atom stereocenters. The van der Waals surface area contributed by atoms with Crippen LogP contribution in [0.25, 0.3) is 0 Å². The number of hydrogen-bond donors (Lipinski definition) is 0. The maximum Gasteiger partial charge on any atom is 0.237 e. The predicted molar refractivity (Wildman–Crippen MR) is 69.7 cm³/mol. The van der Waals surface area contributed by atoms with Gasteiger partial charge in [0.1, 0.15) is 0 Å². The Kier molecular flexibility index (Phi) is 4.31. The molecule has 0 amide bonds. The van der Waals surface area contributed by atoms with Crippen LogP contribution in [0.3, 0.4) is 0 Å². The number of nitrogens with zero attached hydrogens (tertiary/aromatic N) is 2. The molecule has 0 saturated carbocycles. The minimum atomic E-state index is 0.566. The Hall–Kier alpha value is -0.710. The molecule has 1 aromatic heterocycles. The van der Waals surface area contributed by atoms with E-state index in [-0.39, 0.29) is 0 Å². The second-order valence-electron chi connectivity index (χ2n) is 3.30. The largest absolute Gasteiger partial charge is 0.338 e. The first-order valence-electron chi connectivity index (χ1n) is 5.09. The average molecular weight is 289 g/mol. The van der Waals surface area contributed by atoms with Gasteiger partial charge >= 0.3 is 0 Å². The fourth-order valence-electron chi connectivity index (χ4n) is 1.25. The molecule has 90 valence electrons. The minimum absolute atomic E-state index is 0.566. The topological polar surface area (TPSA) is 38.9 Å². The molecule has 6 heteroatoms. The van der Waals surface area contributed by atoms with Crippen LogP contribution in [-0.2, 0) is 12.2 Å². The van der Waals surface area contributed by atoms with Crippen LogP contribution in [0, 0.1) is 0 Å². The van der Waals surface area contributed by atoms with E-state index in [9.17, 15) is 0 Å². The van der Waals surface area contributed by atoms with Crippen molar-refractivity contribution in [1.82, 2.24) is 10.1 Å². The summed E-state index contributed by atoms with van der Waals surface area (Å²) < 4.78 is 5.09. The van der Waals surface area contributed by atoms with Crippen LogP contribution in [-0.4, -0.2) is 10.1 Å². The summed E-state index contributed by atoms with van der Waals surface area (Å²) in [5, 5.41) is 5.10. The lowest BCUT2D eigenvalue weighted by Gasteiger charge is -2.03. The van der Waals surface area contributed by atoms with E-state index >= 15 is 0 Å². The number of thioether (sulfide) groups is 1. The van der Waals surface area contributed by atoms with Crippen LogP contribution in [0.15, 0.2) is 27.6 Å². The van der Waals surface area contributed by atoms with Crippen molar-refractivity contribution in [3.8, 4) is 0 Å². The van der Waals surface area contributed by atoms with Gasteiger partial charge in [-0.05, 0) is 12.1 Å². The maximum atomic E-state index is 6.06. The second-order valence-corrected chi connectivity index (χ2v) is 5.10. The van der Waals surface area contributed by atoms with Crippen molar-refractivity contribution in [3.05, 3.63) is 40.0 Å². The van der Waals surface area contributed by atoms with Gasteiger partial charge in [0.25, 0.3) is 0 Å². The molecule has 0 aliphatic heterocycles. The summed E-state index contributed by atoms with van der Waals surface area (Å²) in [5.74, 6) is 1.87. The first-order valence-corrected chi connectivity index (χ1v) is 6.83. The molecule has 17 heavy (non-hydrogen) atoms. The third kappa shape index (κ3) is 3.15. The molecule has 3 nitrogen and oxygen atoms in total. The third-order valence-electron chi connectivity index (χ3n) is 2.09. The number of aromatic nitrogens is 2. The highest BCUT2D eigenvalue weighted by molar-refractivity contribution is 7.98. The van der Waals surface area contributed by atoms with Crippen molar-refractivity contribution in [3.63, 3.8) is 0 Å². The Morgan fingerprint density at radius 3 is 2.59 bits per heavy atom. The van der Waals surface area contributed by atoms with Gasteiger partial charge in [-0.2, -0.15) is 4.98 Å². The van der Waals surface area contributed by atoms with E-state index in [4.69, 9.17) is 27.7 Å². The van der Waals surface area contributed by atoms with Crippen molar-refractivity contribution in [2.45, 2.75) is 24.0 Å². The molecule has 2 aromatic rings. The highest BCUT2D eigenvalue weighted by Crippen LogP contribution is 2.35. The van der Waals surface area contributed by atoms with Crippen molar-refractivity contribution in [1.29, 1.82) is 0 Å². The zero-order valence-corrected chi connectivity index (χ0v) is 11.4. The molecule has 1 heterocycles. The summed E-state index contributed by atoms with van der Waals surface area (Å²) in [6, 6.07) is 5.43. The van der Waals surface area contributed by atoms with E-state index in [1.807, 2.05) is 13.0 Å². The monoisotopic (exact) mass is 288 g/mol. The van der Waals surface area contributed by atoms with Gasteiger partial charge in [-0.1, -0.05) is 41.3 Å². The minimum Gasteiger partial charge on any atom is -0.338 e. The molecule has 0 aliphatic carbocycles. The molecule has 0 atom stereocenters. The van der Waals surface area contributed by atoms with Gasteiger partial charge in [0.05, 0.1) is 15.8 Å². The Balaban J connectivity index is 2.07. The molecule has 1 aromatic carbocycles. The Bertz CT molecular complexity index is 496. The normalized spacial score (nSPS) is 10.8. The van der Waals surface area contributed by atoms with Gasteiger partial charge in [0, 0.05) is 11.3 Å². The molecule has 0 bridgehead atoms. The van der Waals surface area contributed by atoms with Gasteiger partial charge in [0.15, 0.2) is 5.82 Å². The quantitative estimate of drug-likeness (QED) is 0.789. The summed E-state index contributed by atoms with van der Waals surface area (Å²) in [5.41, 5.74) is 0. The number of hydrogen-bond acceptors (Lipinski definition) is 4. The van der Waals surface area contributed by atoms with Gasteiger partial charge in [-0.3, -0.25) is 0 Å². The van der Waals surface area contributed by atoms with E-state index < -0.39 is 0 Å². The molecule has 0 spiro atoms. The zero-order valence-electron chi connectivity index (χ0n) is 9.11. The van der Waals surface area contributed by atoms with Crippen LogP contribution in [0.4, 0.5) is 0 Å². The lowest BCUT2D eigenvalue weighted by Crippen LogP contribution is -1.85.